The van der Waals surface area contributed by atoms with Gasteiger partial charge in [0.25, 0.3) is 0 Å². The summed E-state index contributed by atoms with van der Waals surface area (Å²) in [5, 5.41) is 4.41. The molecular formula is C23H18ClN5O2. The Labute approximate surface area is 184 Å². The van der Waals surface area contributed by atoms with Gasteiger partial charge in [0, 0.05) is 29.5 Å². The molecule has 3 N–H and O–H groups in total. The van der Waals surface area contributed by atoms with Crippen LogP contribution in [0.2, 0.25) is 5.02 Å². The third-order valence-corrected chi connectivity index (χ3v) is 4.92. The highest BCUT2D eigenvalue weighted by Crippen LogP contribution is 2.39. The SMILES string of the molecule is [C-]#[N+]c1cnc2cc(OC)c(N)cc2c1Nc1ccc(OCc2ccccn2)c(Cl)c1. The number of methoxy groups -OCH3 is 1. The molecule has 0 spiro atoms. The monoisotopic (exact) mass is 431 g/mol. The Morgan fingerprint density at radius 1 is 1.13 bits per heavy atom. The molecule has 31 heavy (non-hydrogen) atoms. The Balaban J connectivity index is 1.63. The molecule has 0 amide bonds. The predicted molar refractivity (Wildman–Crippen MR) is 122 cm³/mol. The Morgan fingerprint density at radius 2 is 2.00 bits per heavy atom. The van der Waals surface area contributed by atoms with Crippen molar-refractivity contribution in [3.63, 3.8) is 0 Å². The fourth-order valence-corrected chi connectivity index (χ4v) is 3.33. The molecule has 4 rings (SSSR count). The van der Waals surface area contributed by atoms with Crippen molar-refractivity contribution in [2.75, 3.05) is 18.2 Å². The van der Waals surface area contributed by atoms with Crippen LogP contribution in [0.5, 0.6) is 11.5 Å². The number of nitrogens with two attached hydrogens (primary N) is 1. The van der Waals surface area contributed by atoms with Crippen LogP contribution in [-0.4, -0.2) is 17.1 Å². The van der Waals surface area contributed by atoms with Gasteiger partial charge in [-0.1, -0.05) is 17.7 Å². The first-order valence-electron chi connectivity index (χ1n) is 9.32. The predicted octanol–water partition coefficient (Wildman–Crippen LogP) is 5.75. The topological polar surface area (TPSA) is 86.7 Å². The minimum Gasteiger partial charge on any atom is -0.495 e. The first kappa shape index (κ1) is 20.3. The van der Waals surface area contributed by atoms with Gasteiger partial charge in [-0.25, -0.2) is 4.85 Å². The van der Waals surface area contributed by atoms with Crippen molar-refractivity contribution in [2.45, 2.75) is 6.61 Å². The molecule has 0 aliphatic carbocycles. The summed E-state index contributed by atoms with van der Waals surface area (Å²) in [6.07, 6.45) is 3.23. The van der Waals surface area contributed by atoms with Gasteiger partial charge in [0.1, 0.15) is 18.1 Å². The zero-order chi connectivity index (χ0) is 21.8. The van der Waals surface area contributed by atoms with Crippen molar-refractivity contribution < 1.29 is 9.47 Å². The number of anilines is 3. The maximum absolute atomic E-state index is 7.51. The van der Waals surface area contributed by atoms with Crippen molar-refractivity contribution >= 4 is 45.3 Å². The second-order valence-corrected chi connectivity index (χ2v) is 7.03. The lowest BCUT2D eigenvalue weighted by Crippen LogP contribution is -1.99. The second kappa shape index (κ2) is 8.78. The van der Waals surface area contributed by atoms with E-state index >= 15 is 0 Å². The van der Waals surface area contributed by atoms with Crippen LogP contribution in [0.4, 0.5) is 22.7 Å². The van der Waals surface area contributed by atoms with E-state index in [0.717, 1.165) is 5.69 Å². The Hall–Kier alpha value is -4.02. The Kier molecular flexibility index (Phi) is 5.74. The van der Waals surface area contributed by atoms with Crippen molar-refractivity contribution in [1.29, 1.82) is 0 Å². The standard InChI is InChI=1S/C23H18ClN5O2/c1-26-20-12-28-19-11-22(30-2)18(25)10-16(19)23(20)29-14-6-7-21(17(24)9-14)31-13-15-5-3-4-8-27-15/h3-12H,13,25H2,2H3,(H,28,29). The molecule has 0 unspecified atom stereocenters. The van der Waals surface area contributed by atoms with Gasteiger partial charge in [-0.2, -0.15) is 0 Å². The maximum atomic E-state index is 7.51. The summed E-state index contributed by atoms with van der Waals surface area (Å²) < 4.78 is 11.0. The molecule has 8 heteroatoms. The van der Waals surface area contributed by atoms with Gasteiger partial charge < -0.3 is 20.5 Å². The lowest BCUT2D eigenvalue weighted by molar-refractivity contribution is 0.301. The highest BCUT2D eigenvalue weighted by atomic mass is 35.5. The lowest BCUT2D eigenvalue weighted by atomic mass is 10.1. The molecule has 0 aliphatic heterocycles. The van der Waals surface area contributed by atoms with Crippen molar-refractivity contribution in [3.8, 4) is 11.5 Å². The number of aromatic nitrogens is 2. The van der Waals surface area contributed by atoms with E-state index in [1.165, 1.54) is 6.20 Å². The summed E-state index contributed by atoms with van der Waals surface area (Å²) in [5.74, 6) is 1.07. The highest BCUT2D eigenvalue weighted by Gasteiger charge is 2.13. The molecule has 7 nitrogen and oxygen atoms in total. The Morgan fingerprint density at radius 3 is 2.71 bits per heavy atom. The minimum absolute atomic E-state index is 0.311. The number of fused-ring (bicyclic) bond motifs is 1. The number of ether oxygens (including phenoxy) is 2. The van der Waals surface area contributed by atoms with Gasteiger partial charge in [-0.3, -0.25) is 9.97 Å². The van der Waals surface area contributed by atoms with E-state index < -0.39 is 0 Å². The largest absolute Gasteiger partial charge is 0.495 e. The number of halogens is 1. The van der Waals surface area contributed by atoms with E-state index in [9.17, 15) is 0 Å². The molecule has 0 aliphatic rings. The molecule has 2 heterocycles. The average Bonchev–Trinajstić information content (AvgIpc) is 2.79. The normalized spacial score (nSPS) is 10.5. The van der Waals surface area contributed by atoms with Crippen LogP contribution in [0.1, 0.15) is 5.69 Å². The molecule has 0 radical (unpaired) electrons. The van der Waals surface area contributed by atoms with Crippen LogP contribution in [0.3, 0.4) is 0 Å². The van der Waals surface area contributed by atoms with Crippen molar-refractivity contribution in [1.82, 2.24) is 9.97 Å². The lowest BCUT2D eigenvalue weighted by Gasteiger charge is -2.15. The third-order valence-electron chi connectivity index (χ3n) is 4.62. The van der Waals surface area contributed by atoms with Gasteiger partial charge >= 0.3 is 0 Å². The van der Waals surface area contributed by atoms with Crippen molar-refractivity contribution in [3.05, 3.63) is 83.1 Å². The number of hydrogen-bond donors (Lipinski definition) is 2. The number of nitrogens with zero attached hydrogens (tertiary/aromatic N) is 3. The molecule has 4 aromatic rings. The molecule has 0 bridgehead atoms. The third kappa shape index (κ3) is 4.29. The van der Waals surface area contributed by atoms with Gasteiger partial charge in [-0.15, -0.1) is 0 Å². The smallest absolute Gasteiger partial charge is 0.228 e. The van der Waals surface area contributed by atoms with Crippen molar-refractivity contribution in [2.24, 2.45) is 0 Å². The number of hydrogen-bond acceptors (Lipinski definition) is 6. The number of nitrogens with one attached hydrogen (secondary N) is 1. The average molecular weight is 432 g/mol. The van der Waals surface area contributed by atoms with Crippen LogP contribution in [-0.2, 0) is 6.61 Å². The van der Waals surface area contributed by atoms with E-state index in [-0.39, 0.29) is 0 Å². The number of nitrogen functional groups attached to an aromatic ring is 1. The molecule has 0 fully saturated rings. The molecule has 0 atom stereocenters. The van der Waals surface area contributed by atoms with E-state index in [1.54, 1.807) is 37.6 Å². The minimum atomic E-state index is 0.311. The molecule has 0 saturated heterocycles. The summed E-state index contributed by atoms with van der Waals surface area (Å²) in [6.45, 7) is 7.82. The van der Waals surface area contributed by atoms with Crippen LogP contribution in [0, 0.1) is 6.57 Å². The molecule has 0 saturated carbocycles. The van der Waals surface area contributed by atoms with Gasteiger partial charge in [0.05, 0.1) is 41.3 Å². The van der Waals surface area contributed by atoms with Crippen LogP contribution >= 0.6 is 11.6 Å². The van der Waals surface area contributed by atoms with Crippen LogP contribution in [0.25, 0.3) is 15.7 Å². The maximum Gasteiger partial charge on any atom is 0.228 e. The zero-order valence-corrected chi connectivity index (χ0v) is 17.3. The summed E-state index contributed by atoms with van der Waals surface area (Å²) in [7, 11) is 1.55. The molecule has 2 aromatic heterocycles. The van der Waals surface area contributed by atoms with E-state index in [0.29, 0.717) is 56.8 Å². The number of benzene rings is 2. The number of rotatable bonds is 6. The molecule has 154 valence electrons. The fraction of sp³-hybridized carbons (Fsp3) is 0.0870. The molecular weight excluding hydrogens is 414 g/mol. The van der Waals surface area contributed by atoms with E-state index in [1.807, 2.05) is 24.3 Å². The fourth-order valence-electron chi connectivity index (χ4n) is 3.09. The second-order valence-electron chi connectivity index (χ2n) is 6.62. The Bertz CT molecular complexity index is 1290. The van der Waals surface area contributed by atoms with E-state index in [2.05, 4.69) is 20.1 Å². The highest BCUT2D eigenvalue weighted by molar-refractivity contribution is 6.32. The van der Waals surface area contributed by atoms with E-state index in [4.69, 9.17) is 33.4 Å². The summed E-state index contributed by atoms with van der Waals surface area (Å²) in [4.78, 5) is 12.2. The first-order chi connectivity index (χ1) is 15.1. The van der Waals surface area contributed by atoms with Crippen LogP contribution < -0.4 is 20.5 Å². The quantitative estimate of drug-likeness (QED) is 0.298. The van der Waals surface area contributed by atoms with Crippen LogP contribution in [0.15, 0.2) is 60.9 Å². The first-order valence-corrected chi connectivity index (χ1v) is 9.70. The van der Waals surface area contributed by atoms with Gasteiger partial charge in [0.15, 0.2) is 0 Å². The summed E-state index contributed by atoms with van der Waals surface area (Å²) in [6, 6.07) is 14.4. The zero-order valence-electron chi connectivity index (χ0n) is 16.6. The molecule has 2 aromatic carbocycles. The summed E-state index contributed by atoms with van der Waals surface area (Å²) in [5.41, 5.74) is 9.64. The van der Waals surface area contributed by atoms with Gasteiger partial charge in [0.2, 0.25) is 5.69 Å². The summed E-state index contributed by atoms with van der Waals surface area (Å²) >= 11 is 6.42. The number of pyridine rings is 2. The van der Waals surface area contributed by atoms with Gasteiger partial charge in [-0.05, 0) is 36.4 Å².